The summed E-state index contributed by atoms with van der Waals surface area (Å²) >= 11 is 0. The summed E-state index contributed by atoms with van der Waals surface area (Å²) in [6.45, 7) is 9.35. The molecule has 0 radical (unpaired) electrons. The van der Waals surface area contributed by atoms with Crippen molar-refractivity contribution in [2.75, 3.05) is 20.6 Å². The Kier molecular flexibility index (Phi) is 9.48. The number of likely N-dealkylation sites (N-methyl/N-ethyl adjacent to an activating group) is 1. The van der Waals surface area contributed by atoms with Crippen molar-refractivity contribution >= 4 is 35.8 Å². The van der Waals surface area contributed by atoms with Gasteiger partial charge in [0.25, 0.3) is 0 Å². The van der Waals surface area contributed by atoms with Crippen LogP contribution in [-0.4, -0.2) is 64.3 Å². The van der Waals surface area contributed by atoms with E-state index in [1.807, 2.05) is 4.68 Å². The van der Waals surface area contributed by atoms with Crippen molar-refractivity contribution in [3.8, 4) is 0 Å². The van der Waals surface area contributed by atoms with Crippen molar-refractivity contribution in [2.24, 2.45) is 4.99 Å². The van der Waals surface area contributed by atoms with Gasteiger partial charge in [0.1, 0.15) is 12.4 Å². The molecular formula is C18H34IN7O. The molecule has 0 aliphatic carbocycles. The fraction of sp³-hybridized carbons (Fsp3) is 0.778. The van der Waals surface area contributed by atoms with Crippen molar-refractivity contribution in [1.29, 1.82) is 0 Å². The molecule has 27 heavy (non-hydrogen) atoms. The van der Waals surface area contributed by atoms with E-state index in [2.05, 4.69) is 53.4 Å². The molecule has 2 heterocycles. The number of hydrogen-bond acceptors (Lipinski definition) is 4. The topological polar surface area (TPSA) is 87.4 Å². The summed E-state index contributed by atoms with van der Waals surface area (Å²) in [5.41, 5.74) is 0. The van der Waals surface area contributed by atoms with Gasteiger partial charge in [-0.15, -0.1) is 24.0 Å². The zero-order valence-electron chi connectivity index (χ0n) is 17.3. The fourth-order valence-electron chi connectivity index (χ4n) is 2.64. The molecule has 2 atom stereocenters. The third-order valence-corrected chi connectivity index (χ3v) is 4.60. The molecular weight excluding hydrogens is 457 g/mol. The average molecular weight is 491 g/mol. The van der Waals surface area contributed by atoms with Crippen LogP contribution in [0.25, 0.3) is 0 Å². The van der Waals surface area contributed by atoms with Crippen molar-refractivity contribution in [3.63, 3.8) is 0 Å². The van der Waals surface area contributed by atoms with Crippen LogP contribution in [0.5, 0.6) is 0 Å². The van der Waals surface area contributed by atoms with Crippen molar-refractivity contribution in [2.45, 2.75) is 71.5 Å². The number of amides is 1. The summed E-state index contributed by atoms with van der Waals surface area (Å²) in [6.07, 6.45) is 2.85. The van der Waals surface area contributed by atoms with E-state index >= 15 is 0 Å². The van der Waals surface area contributed by atoms with Gasteiger partial charge in [0, 0.05) is 38.5 Å². The Hall–Kier alpha value is -1.39. The maximum absolute atomic E-state index is 11.9. The summed E-state index contributed by atoms with van der Waals surface area (Å²) < 4.78 is 2.00. The standard InChI is InChI=1S/C18H33N7O.HI/c1-7-13(4)20-18(19-10-16(26)24(5)6)21-14-8-9-15-22-17(12(2)3)23-25(15)11-14;/h12-14H,7-11H2,1-6H3,(H2,19,20,21);1H. The summed E-state index contributed by atoms with van der Waals surface area (Å²) in [5.74, 6) is 2.97. The number of fused-ring (bicyclic) bond motifs is 1. The lowest BCUT2D eigenvalue weighted by atomic mass is 10.1. The minimum atomic E-state index is -0.0148. The van der Waals surface area contributed by atoms with Crippen molar-refractivity contribution in [1.82, 2.24) is 30.3 Å². The van der Waals surface area contributed by atoms with E-state index in [1.165, 1.54) is 0 Å². The predicted octanol–water partition coefficient (Wildman–Crippen LogP) is 1.76. The average Bonchev–Trinajstić information content (AvgIpc) is 3.02. The van der Waals surface area contributed by atoms with E-state index in [0.717, 1.165) is 37.5 Å². The van der Waals surface area contributed by atoms with E-state index in [9.17, 15) is 4.79 Å². The number of nitrogens with one attached hydrogen (secondary N) is 2. The van der Waals surface area contributed by atoms with Gasteiger partial charge in [0.05, 0.1) is 6.54 Å². The number of aryl methyl sites for hydroxylation is 1. The number of aromatic nitrogens is 3. The maximum Gasteiger partial charge on any atom is 0.243 e. The van der Waals surface area contributed by atoms with Crippen LogP contribution >= 0.6 is 24.0 Å². The second-order valence-corrected chi connectivity index (χ2v) is 7.51. The molecule has 1 aromatic rings. The van der Waals surface area contributed by atoms with Crippen LogP contribution in [-0.2, 0) is 17.8 Å². The monoisotopic (exact) mass is 491 g/mol. The van der Waals surface area contributed by atoms with Gasteiger partial charge in [0.2, 0.25) is 5.91 Å². The van der Waals surface area contributed by atoms with Crippen LogP contribution in [0.15, 0.2) is 4.99 Å². The molecule has 2 rings (SSSR count). The van der Waals surface area contributed by atoms with Crippen molar-refractivity contribution in [3.05, 3.63) is 11.6 Å². The second kappa shape index (κ2) is 10.8. The second-order valence-electron chi connectivity index (χ2n) is 7.51. The zero-order chi connectivity index (χ0) is 19.3. The summed E-state index contributed by atoms with van der Waals surface area (Å²) in [5, 5.41) is 11.5. The number of carbonyl (C=O) groups excluding carboxylic acids is 1. The highest BCUT2D eigenvalue weighted by Gasteiger charge is 2.23. The van der Waals surface area contributed by atoms with Gasteiger partial charge < -0.3 is 15.5 Å². The van der Waals surface area contributed by atoms with Crippen LogP contribution in [0.1, 0.15) is 58.1 Å². The number of hydrogen-bond donors (Lipinski definition) is 2. The van der Waals surface area contributed by atoms with Crippen LogP contribution in [0.4, 0.5) is 0 Å². The molecule has 0 saturated heterocycles. The highest BCUT2D eigenvalue weighted by atomic mass is 127. The number of rotatable bonds is 6. The van der Waals surface area contributed by atoms with Gasteiger partial charge >= 0.3 is 0 Å². The highest BCUT2D eigenvalue weighted by molar-refractivity contribution is 14.0. The molecule has 0 aromatic carbocycles. The van der Waals surface area contributed by atoms with Gasteiger partial charge in [-0.2, -0.15) is 5.10 Å². The lowest BCUT2D eigenvalue weighted by Gasteiger charge is -2.26. The Balaban J connectivity index is 0.00000364. The first-order chi connectivity index (χ1) is 12.3. The SMILES string of the molecule is CCC(C)NC(=NCC(=O)N(C)C)NC1CCc2nc(C(C)C)nn2C1.I. The molecule has 2 N–H and O–H groups in total. The number of aliphatic imine (C=N–C) groups is 1. The van der Waals surface area contributed by atoms with Crippen LogP contribution in [0, 0.1) is 0 Å². The van der Waals surface area contributed by atoms with E-state index in [4.69, 9.17) is 0 Å². The number of halogens is 1. The Labute approximate surface area is 179 Å². The van der Waals surface area contributed by atoms with Gasteiger partial charge in [-0.25, -0.2) is 14.7 Å². The highest BCUT2D eigenvalue weighted by Crippen LogP contribution is 2.17. The maximum atomic E-state index is 11.9. The van der Waals surface area contributed by atoms with E-state index in [0.29, 0.717) is 11.9 Å². The van der Waals surface area contributed by atoms with Gasteiger partial charge in [-0.1, -0.05) is 20.8 Å². The molecule has 0 fully saturated rings. The minimum Gasteiger partial charge on any atom is -0.354 e. The Morgan fingerprint density at radius 3 is 2.67 bits per heavy atom. The smallest absolute Gasteiger partial charge is 0.243 e. The summed E-state index contributed by atoms with van der Waals surface area (Å²) in [7, 11) is 3.49. The molecule has 9 heteroatoms. The van der Waals surface area contributed by atoms with E-state index in [1.54, 1.807) is 19.0 Å². The Bertz CT molecular complexity index is 642. The number of nitrogens with zero attached hydrogens (tertiary/aromatic N) is 5. The Morgan fingerprint density at radius 1 is 1.37 bits per heavy atom. The Morgan fingerprint density at radius 2 is 2.07 bits per heavy atom. The first-order valence-electron chi connectivity index (χ1n) is 9.51. The first-order valence-corrected chi connectivity index (χ1v) is 9.51. The van der Waals surface area contributed by atoms with Crippen LogP contribution < -0.4 is 10.6 Å². The molecule has 8 nitrogen and oxygen atoms in total. The molecule has 1 amide bonds. The molecule has 0 bridgehead atoms. The lowest BCUT2D eigenvalue weighted by molar-refractivity contribution is -0.127. The third-order valence-electron chi connectivity index (χ3n) is 4.60. The minimum absolute atomic E-state index is 0. The summed E-state index contributed by atoms with van der Waals surface area (Å²) in [6, 6.07) is 0.503. The molecule has 1 aliphatic heterocycles. The molecule has 0 spiro atoms. The van der Waals surface area contributed by atoms with E-state index < -0.39 is 0 Å². The molecule has 0 saturated carbocycles. The fourth-order valence-corrected chi connectivity index (χ4v) is 2.64. The van der Waals surface area contributed by atoms with Gasteiger partial charge in [-0.3, -0.25) is 4.79 Å². The molecule has 154 valence electrons. The van der Waals surface area contributed by atoms with Crippen LogP contribution in [0.3, 0.4) is 0 Å². The van der Waals surface area contributed by atoms with Crippen LogP contribution in [0.2, 0.25) is 0 Å². The van der Waals surface area contributed by atoms with Gasteiger partial charge in [-0.05, 0) is 19.8 Å². The number of guanidine groups is 1. The van der Waals surface area contributed by atoms with Crippen molar-refractivity contribution < 1.29 is 4.79 Å². The molecule has 2 unspecified atom stereocenters. The summed E-state index contributed by atoms with van der Waals surface area (Å²) in [4.78, 5) is 22.5. The largest absolute Gasteiger partial charge is 0.354 e. The molecule has 1 aromatic heterocycles. The van der Waals surface area contributed by atoms with Gasteiger partial charge in [0.15, 0.2) is 11.8 Å². The predicted molar refractivity (Wildman–Crippen MR) is 119 cm³/mol. The third kappa shape index (κ3) is 6.93. The number of carbonyl (C=O) groups is 1. The zero-order valence-corrected chi connectivity index (χ0v) is 19.7. The molecule has 1 aliphatic rings. The quantitative estimate of drug-likeness (QED) is 0.360. The normalized spacial score (nSPS) is 17.7. The van der Waals surface area contributed by atoms with E-state index in [-0.39, 0.29) is 48.5 Å². The first kappa shape index (κ1) is 23.6. The lowest BCUT2D eigenvalue weighted by Crippen LogP contribution is -2.49.